The summed E-state index contributed by atoms with van der Waals surface area (Å²) in [6, 6.07) is 9.55. The average Bonchev–Trinajstić information content (AvgIpc) is 2.77. The molecule has 1 aliphatic rings. The van der Waals surface area contributed by atoms with Crippen LogP contribution < -0.4 is 4.81 Å². The van der Waals surface area contributed by atoms with Crippen molar-refractivity contribution >= 4 is 12.5 Å². The molecule has 15 heavy (non-hydrogen) atoms. The van der Waals surface area contributed by atoms with Crippen molar-refractivity contribution in [1.82, 2.24) is 0 Å². The third kappa shape index (κ3) is 1.80. The first-order valence-corrected chi connectivity index (χ1v) is 5.01. The van der Waals surface area contributed by atoms with Gasteiger partial charge in [0, 0.05) is 18.2 Å². The first kappa shape index (κ1) is 9.61. The van der Waals surface area contributed by atoms with Gasteiger partial charge in [0.25, 0.3) is 0 Å². The minimum Gasteiger partial charge on any atom is -0.402 e. The Morgan fingerprint density at radius 1 is 1.33 bits per heavy atom. The van der Waals surface area contributed by atoms with Gasteiger partial charge >= 0.3 is 6.85 Å². The fraction of sp³-hybridized carbons (Fsp3) is 0.273. The van der Waals surface area contributed by atoms with E-state index in [1.54, 1.807) is 6.07 Å². The number of hydrogen-bond donors (Lipinski definition) is 0. The van der Waals surface area contributed by atoms with E-state index in [4.69, 9.17) is 10.5 Å². The van der Waals surface area contributed by atoms with Crippen LogP contribution >= 0.6 is 0 Å². The maximum atomic E-state index is 8.97. The number of hydrogen-bond acceptors (Lipinski definition) is 3. The van der Waals surface area contributed by atoms with Crippen molar-refractivity contribution in [3.8, 4) is 12.0 Å². The molecule has 72 valence electrons. The summed E-state index contributed by atoms with van der Waals surface area (Å²) in [6.07, 6.45) is 1.97. The van der Waals surface area contributed by atoms with Gasteiger partial charge in [0.1, 0.15) is 0 Å². The molecular weight excluding hydrogens is 185 g/mol. The Morgan fingerprint density at radius 2 is 2.20 bits per heavy atom. The van der Waals surface area contributed by atoms with E-state index in [9.17, 15) is 0 Å². The summed E-state index contributed by atoms with van der Waals surface area (Å²) in [7, 11) is 0. The van der Waals surface area contributed by atoms with Crippen LogP contribution in [-0.4, -0.2) is 13.4 Å². The zero-order valence-corrected chi connectivity index (χ0v) is 8.35. The predicted molar refractivity (Wildman–Crippen MR) is 59.3 cm³/mol. The van der Waals surface area contributed by atoms with Crippen LogP contribution in [0.3, 0.4) is 0 Å². The van der Waals surface area contributed by atoms with E-state index in [2.05, 4.69) is 16.8 Å². The van der Waals surface area contributed by atoms with Crippen LogP contribution in [0.25, 0.3) is 0 Å². The van der Waals surface area contributed by atoms with E-state index in [-0.39, 0.29) is 6.85 Å². The lowest BCUT2D eigenvalue weighted by atomic mass is 9.61. The van der Waals surface area contributed by atoms with Crippen molar-refractivity contribution in [3.63, 3.8) is 0 Å². The van der Waals surface area contributed by atoms with Gasteiger partial charge in [-0.1, -0.05) is 6.07 Å². The SMILES string of the molecule is N#CB1CCCN1c1cccc(C#N)c1. The first-order valence-electron chi connectivity index (χ1n) is 5.01. The maximum absolute atomic E-state index is 8.97. The molecule has 0 bridgehead atoms. The van der Waals surface area contributed by atoms with Gasteiger partial charge in [-0.3, -0.25) is 0 Å². The van der Waals surface area contributed by atoms with E-state index < -0.39 is 0 Å². The second-order valence-corrected chi connectivity index (χ2v) is 3.64. The van der Waals surface area contributed by atoms with E-state index in [1.165, 1.54) is 0 Å². The first-order chi connectivity index (χ1) is 7.35. The third-order valence-corrected chi connectivity index (χ3v) is 2.71. The van der Waals surface area contributed by atoms with Crippen molar-refractivity contribution in [2.45, 2.75) is 12.7 Å². The fourth-order valence-electron chi connectivity index (χ4n) is 1.96. The van der Waals surface area contributed by atoms with Crippen LogP contribution in [0.2, 0.25) is 6.32 Å². The molecule has 2 rings (SSSR count). The molecule has 4 heteroatoms. The molecule has 0 unspecified atom stereocenters. The summed E-state index contributed by atoms with van der Waals surface area (Å²) in [5, 5.41) is 17.8. The van der Waals surface area contributed by atoms with Crippen LogP contribution in [0.4, 0.5) is 5.69 Å². The van der Waals surface area contributed by atoms with Gasteiger partial charge in [-0.15, -0.1) is 0 Å². The Morgan fingerprint density at radius 3 is 2.93 bits per heavy atom. The number of anilines is 1. The van der Waals surface area contributed by atoms with E-state index >= 15 is 0 Å². The molecule has 0 amide bonds. The molecule has 0 atom stereocenters. The highest BCUT2D eigenvalue weighted by molar-refractivity contribution is 6.71. The monoisotopic (exact) mass is 195 g/mol. The molecular formula is C11H10BN3. The number of nitriles is 2. The predicted octanol–water partition coefficient (Wildman–Crippen LogP) is 1.82. The molecule has 1 aromatic carbocycles. The van der Waals surface area contributed by atoms with Crippen LogP contribution in [0.5, 0.6) is 0 Å². The average molecular weight is 195 g/mol. The summed E-state index contributed by atoms with van der Waals surface area (Å²) < 4.78 is 0. The standard InChI is InChI=1S/C11H10BN3/c13-8-10-3-1-4-11(7-10)15-6-2-5-12(15)9-14/h1,3-4,7H,2,5-6H2. The molecule has 1 aliphatic heterocycles. The Kier molecular flexibility index (Phi) is 2.60. The zero-order chi connectivity index (χ0) is 10.7. The van der Waals surface area contributed by atoms with Crippen LogP contribution in [0.15, 0.2) is 24.3 Å². The summed E-state index contributed by atoms with van der Waals surface area (Å²) >= 11 is 0. The fourth-order valence-corrected chi connectivity index (χ4v) is 1.96. The zero-order valence-electron chi connectivity index (χ0n) is 8.35. The van der Waals surface area contributed by atoms with E-state index in [0.717, 1.165) is 25.0 Å². The molecule has 1 fully saturated rings. The summed E-state index contributed by atoms with van der Waals surface area (Å²) in [4.78, 5) is 2.07. The smallest absolute Gasteiger partial charge is 0.378 e. The molecule has 0 radical (unpaired) electrons. The van der Waals surface area contributed by atoms with Gasteiger partial charge in [0.2, 0.25) is 0 Å². The molecule has 0 saturated carbocycles. The quantitative estimate of drug-likeness (QED) is 0.642. The van der Waals surface area contributed by atoms with Crippen molar-refractivity contribution in [2.75, 3.05) is 11.4 Å². The second-order valence-electron chi connectivity index (χ2n) is 3.64. The van der Waals surface area contributed by atoms with Crippen molar-refractivity contribution in [2.24, 2.45) is 0 Å². The minimum absolute atomic E-state index is 0.0288. The normalized spacial score (nSPS) is 14.8. The molecule has 1 aromatic rings. The lowest BCUT2D eigenvalue weighted by Crippen LogP contribution is -2.32. The van der Waals surface area contributed by atoms with Gasteiger partial charge in [-0.2, -0.15) is 5.26 Å². The van der Waals surface area contributed by atoms with Crippen LogP contribution in [0, 0.1) is 22.6 Å². The molecule has 3 nitrogen and oxygen atoms in total. The highest BCUT2D eigenvalue weighted by Crippen LogP contribution is 2.24. The Labute approximate surface area is 89.6 Å². The second kappa shape index (κ2) is 4.06. The Bertz CT molecular complexity index is 444. The van der Waals surface area contributed by atoms with Crippen molar-refractivity contribution < 1.29 is 0 Å². The lowest BCUT2D eigenvalue weighted by molar-refractivity contribution is 0.982. The minimum atomic E-state index is -0.0288. The van der Waals surface area contributed by atoms with Gasteiger partial charge < -0.3 is 4.81 Å². The summed E-state index contributed by atoms with van der Waals surface area (Å²) in [6.45, 7) is 0.881. The molecule has 1 heterocycles. The molecule has 0 N–H and O–H groups in total. The Hall–Kier alpha value is -1.94. The van der Waals surface area contributed by atoms with Crippen molar-refractivity contribution in [3.05, 3.63) is 29.8 Å². The van der Waals surface area contributed by atoms with Gasteiger partial charge in [0.15, 0.2) is 0 Å². The van der Waals surface area contributed by atoms with Gasteiger partial charge in [0.05, 0.1) is 11.6 Å². The molecule has 0 aliphatic carbocycles. The molecule has 1 saturated heterocycles. The van der Waals surface area contributed by atoms with Gasteiger partial charge in [-0.05, 0) is 30.9 Å². The summed E-state index contributed by atoms with van der Waals surface area (Å²) in [5.41, 5.74) is 1.63. The highest BCUT2D eigenvalue weighted by Gasteiger charge is 2.29. The largest absolute Gasteiger partial charge is 0.402 e. The van der Waals surface area contributed by atoms with Crippen LogP contribution in [-0.2, 0) is 0 Å². The Balaban J connectivity index is 2.30. The topological polar surface area (TPSA) is 50.8 Å². The maximum Gasteiger partial charge on any atom is 0.378 e. The summed E-state index contributed by atoms with van der Waals surface area (Å²) in [5.74, 6) is 2.29. The molecule has 0 aromatic heterocycles. The van der Waals surface area contributed by atoms with Gasteiger partial charge in [-0.25, -0.2) is 5.26 Å². The van der Waals surface area contributed by atoms with Crippen LogP contribution in [0.1, 0.15) is 12.0 Å². The highest BCUT2D eigenvalue weighted by atomic mass is 15.1. The third-order valence-electron chi connectivity index (χ3n) is 2.71. The van der Waals surface area contributed by atoms with E-state index in [1.807, 2.05) is 18.2 Å². The number of rotatable bonds is 1. The van der Waals surface area contributed by atoms with Crippen molar-refractivity contribution in [1.29, 1.82) is 10.5 Å². The van der Waals surface area contributed by atoms with E-state index in [0.29, 0.717) is 5.56 Å². The molecule has 0 spiro atoms. The lowest BCUT2D eigenvalue weighted by Gasteiger charge is -2.20. The number of benzene rings is 1. The number of nitrogens with zero attached hydrogens (tertiary/aromatic N) is 3.